The number of hydrogen-bond donors (Lipinski definition) is 1. The lowest BCUT2D eigenvalue weighted by atomic mass is 10.1. The molecule has 0 saturated heterocycles. The Hall–Kier alpha value is -2.78. The fraction of sp³-hybridized carbons (Fsp3) is 0.368. The second kappa shape index (κ2) is 9.36. The van der Waals surface area contributed by atoms with Crippen molar-refractivity contribution in [2.24, 2.45) is 0 Å². The zero-order valence-corrected chi connectivity index (χ0v) is 18.3. The van der Waals surface area contributed by atoms with Crippen LogP contribution in [0.15, 0.2) is 34.0 Å². The maximum atomic E-state index is 13.0. The predicted octanol–water partition coefficient (Wildman–Crippen LogP) is 2.48. The lowest BCUT2D eigenvalue weighted by molar-refractivity contribution is -0.142. The van der Waals surface area contributed by atoms with Crippen molar-refractivity contribution in [2.45, 2.75) is 39.8 Å². The van der Waals surface area contributed by atoms with E-state index in [4.69, 9.17) is 32.8 Å². The quantitative estimate of drug-likeness (QED) is 0.738. The van der Waals surface area contributed by atoms with Crippen LogP contribution in [-0.4, -0.2) is 33.5 Å². The largest absolute Gasteiger partial charge is 0.444 e. The fourth-order valence-electron chi connectivity index (χ4n) is 2.46. The summed E-state index contributed by atoms with van der Waals surface area (Å²) in [6.07, 6.45) is 0.367. The Morgan fingerprint density at radius 1 is 1.13 bits per heavy atom. The standard InChI is InChI=1S/C19H21Cl2N3O6/c1-11(25)30-24-10-13(12-6-5-7-14(20)15(12)21)16(26)23(18(24)28)9-8-22-17(27)29-19(2,3)4/h5-7,10H,8-9H2,1-4H3,(H,22,27). The van der Waals surface area contributed by atoms with Gasteiger partial charge < -0.3 is 14.9 Å². The molecule has 0 bridgehead atoms. The van der Waals surface area contributed by atoms with E-state index in [0.717, 1.165) is 17.7 Å². The third-order valence-electron chi connectivity index (χ3n) is 3.61. The molecule has 1 aromatic carbocycles. The first-order valence-corrected chi connectivity index (χ1v) is 9.63. The van der Waals surface area contributed by atoms with Gasteiger partial charge in [-0.1, -0.05) is 35.3 Å². The van der Waals surface area contributed by atoms with Crippen molar-refractivity contribution in [1.29, 1.82) is 0 Å². The summed E-state index contributed by atoms with van der Waals surface area (Å²) in [6.45, 7) is 5.92. The Labute approximate surface area is 182 Å². The van der Waals surface area contributed by atoms with Gasteiger partial charge in [-0.15, -0.1) is 4.73 Å². The first kappa shape index (κ1) is 23.5. The molecular weight excluding hydrogens is 437 g/mol. The van der Waals surface area contributed by atoms with Crippen molar-refractivity contribution in [2.75, 3.05) is 6.54 Å². The number of benzene rings is 1. The summed E-state index contributed by atoms with van der Waals surface area (Å²) < 4.78 is 6.55. The van der Waals surface area contributed by atoms with Gasteiger partial charge in [0.05, 0.1) is 21.8 Å². The van der Waals surface area contributed by atoms with E-state index in [1.54, 1.807) is 32.9 Å². The van der Waals surface area contributed by atoms with Crippen LogP contribution in [0.1, 0.15) is 27.7 Å². The molecule has 0 saturated carbocycles. The average Bonchev–Trinajstić information content (AvgIpc) is 2.61. The summed E-state index contributed by atoms with van der Waals surface area (Å²) >= 11 is 12.2. The monoisotopic (exact) mass is 457 g/mol. The number of rotatable bonds is 5. The first-order chi connectivity index (χ1) is 13.9. The molecule has 1 heterocycles. The van der Waals surface area contributed by atoms with Gasteiger partial charge in [-0.05, 0) is 26.8 Å². The molecule has 1 N–H and O–H groups in total. The van der Waals surface area contributed by atoms with Crippen LogP contribution in [0.2, 0.25) is 10.0 Å². The molecular formula is C19H21Cl2N3O6. The van der Waals surface area contributed by atoms with Crippen molar-refractivity contribution >= 4 is 35.3 Å². The molecule has 162 valence electrons. The number of halogens is 2. The highest BCUT2D eigenvalue weighted by Gasteiger charge is 2.19. The van der Waals surface area contributed by atoms with E-state index in [0.29, 0.717) is 4.73 Å². The summed E-state index contributed by atoms with van der Waals surface area (Å²) in [7, 11) is 0. The minimum atomic E-state index is -0.900. The number of carbonyl (C=O) groups is 2. The van der Waals surface area contributed by atoms with Gasteiger partial charge in [0.15, 0.2) is 0 Å². The molecule has 30 heavy (non-hydrogen) atoms. The molecule has 0 unspecified atom stereocenters. The number of nitrogens with zero attached hydrogens (tertiary/aromatic N) is 2. The van der Waals surface area contributed by atoms with E-state index in [2.05, 4.69) is 5.32 Å². The zero-order valence-electron chi connectivity index (χ0n) is 16.8. The molecule has 2 rings (SSSR count). The highest BCUT2D eigenvalue weighted by Crippen LogP contribution is 2.31. The summed E-state index contributed by atoms with van der Waals surface area (Å²) in [5, 5.41) is 2.76. The first-order valence-electron chi connectivity index (χ1n) is 8.87. The molecule has 0 spiro atoms. The topological polar surface area (TPSA) is 109 Å². The van der Waals surface area contributed by atoms with Gasteiger partial charge >= 0.3 is 17.8 Å². The zero-order chi connectivity index (χ0) is 22.6. The molecule has 1 aromatic heterocycles. The normalized spacial score (nSPS) is 11.1. The lowest BCUT2D eigenvalue weighted by Gasteiger charge is -2.19. The van der Waals surface area contributed by atoms with Crippen molar-refractivity contribution in [3.05, 3.63) is 55.3 Å². The van der Waals surface area contributed by atoms with Crippen molar-refractivity contribution in [1.82, 2.24) is 14.6 Å². The van der Waals surface area contributed by atoms with E-state index in [-0.39, 0.29) is 34.3 Å². The molecule has 0 fully saturated rings. The van der Waals surface area contributed by atoms with E-state index in [1.165, 1.54) is 6.07 Å². The van der Waals surface area contributed by atoms with Crippen LogP contribution in [0.4, 0.5) is 4.79 Å². The van der Waals surface area contributed by atoms with Gasteiger partial charge in [-0.2, -0.15) is 0 Å². The lowest BCUT2D eigenvalue weighted by Crippen LogP contribution is -2.45. The van der Waals surface area contributed by atoms with Gasteiger partial charge in [-0.25, -0.2) is 14.4 Å². The molecule has 0 aliphatic heterocycles. The molecule has 0 atom stereocenters. The van der Waals surface area contributed by atoms with Crippen molar-refractivity contribution in [3.8, 4) is 11.1 Å². The van der Waals surface area contributed by atoms with Crippen LogP contribution >= 0.6 is 23.2 Å². The molecule has 0 aliphatic rings. The molecule has 11 heteroatoms. The van der Waals surface area contributed by atoms with Crippen LogP contribution < -0.4 is 21.4 Å². The summed E-state index contributed by atoms with van der Waals surface area (Å²) in [5.74, 6) is -0.766. The van der Waals surface area contributed by atoms with Gasteiger partial charge in [0.1, 0.15) is 5.60 Å². The number of alkyl carbamates (subject to hydrolysis) is 1. The third-order valence-corrected chi connectivity index (χ3v) is 4.43. The third kappa shape index (κ3) is 5.87. The molecule has 2 aromatic rings. The van der Waals surface area contributed by atoms with Crippen LogP contribution in [0.3, 0.4) is 0 Å². The summed E-state index contributed by atoms with van der Waals surface area (Å²) in [4.78, 5) is 53.6. The van der Waals surface area contributed by atoms with Crippen LogP contribution in [0.5, 0.6) is 0 Å². The SMILES string of the molecule is CC(=O)On1cc(-c2cccc(Cl)c2Cl)c(=O)n(CCNC(=O)OC(C)(C)C)c1=O. The van der Waals surface area contributed by atoms with Gasteiger partial charge in [-0.3, -0.25) is 9.36 Å². The minimum Gasteiger partial charge on any atom is -0.444 e. The number of carbonyl (C=O) groups excluding carboxylic acids is 2. The molecule has 9 nitrogen and oxygen atoms in total. The number of nitrogens with one attached hydrogen (secondary N) is 1. The van der Waals surface area contributed by atoms with Gasteiger partial charge in [0.2, 0.25) is 0 Å². The number of hydrogen-bond acceptors (Lipinski definition) is 6. The van der Waals surface area contributed by atoms with Gasteiger partial charge in [0.25, 0.3) is 5.56 Å². The van der Waals surface area contributed by atoms with E-state index in [9.17, 15) is 19.2 Å². The van der Waals surface area contributed by atoms with E-state index in [1.807, 2.05) is 0 Å². The highest BCUT2D eigenvalue weighted by molar-refractivity contribution is 6.43. The van der Waals surface area contributed by atoms with E-state index >= 15 is 0 Å². The Morgan fingerprint density at radius 3 is 2.40 bits per heavy atom. The average molecular weight is 458 g/mol. The number of amides is 1. The van der Waals surface area contributed by atoms with Crippen LogP contribution in [-0.2, 0) is 16.1 Å². The van der Waals surface area contributed by atoms with E-state index < -0.39 is 28.9 Å². The Morgan fingerprint density at radius 2 is 1.80 bits per heavy atom. The number of aromatic nitrogens is 2. The Balaban J connectivity index is 2.45. The second-order valence-corrected chi connectivity index (χ2v) is 8.01. The smallest absolute Gasteiger partial charge is 0.407 e. The molecule has 1 amide bonds. The van der Waals surface area contributed by atoms with Crippen LogP contribution in [0, 0.1) is 0 Å². The Bertz CT molecular complexity index is 1090. The van der Waals surface area contributed by atoms with Crippen molar-refractivity contribution in [3.63, 3.8) is 0 Å². The number of ether oxygens (including phenoxy) is 1. The fourth-order valence-corrected chi connectivity index (χ4v) is 2.86. The maximum Gasteiger partial charge on any atom is 0.407 e. The van der Waals surface area contributed by atoms with Gasteiger partial charge in [0, 0.05) is 25.6 Å². The Kier molecular flexibility index (Phi) is 7.33. The molecule has 0 radical (unpaired) electrons. The van der Waals surface area contributed by atoms with Crippen LogP contribution in [0.25, 0.3) is 11.1 Å². The van der Waals surface area contributed by atoms with Crippen molar-refractivity contribution < 1.29 is 19.2 Å². The second-order valence-electron chi connectivity index (χ2n) is 7.22. The predicted molar refractivity (Wildman–Crippen MR) is 112 cm³/mol. The summed E-state index contributed by atoms with van der Waals surface area (Å²) in [6, 6.07) is 4.66. The highest BCUT2D eigenvalue weighted by atomic mass is 35.5. The summed E-state index contributed by atoms with van der Waals surface area (Å²) in [5.41, 5.74) is -2.06. The minimum absolute atomic E-state index is 0.0133. The maximum absolute atomic E-state index is 13.0. The molecule has 0 aliphatic carbocycles.